The molecule has 0 fully saturated rings. The quantitative estimate of drug-likeness (QED) is 0.349. The summed E-state index contributed by atoms with van der Waals surface area (Å²) in [6, 6.07) is 0. The van der Waals surface area contributed by atoms with Crippen molar-refractivity contribution in [2.45, 2.75) is 12.3 Å². The van der Waals surface area contributed by atoms with Crippen molar-refractivity contribution in [3.63, 3.8) is 0 Å². The predicted molar refractivity (Wildman–Crippen MR) is 39.7 cm³/mol. The molecule has 1 atom stereocenters. The largest absolute Gasteiger partial charge is 0.297 e. The highest BCUT2D eigenvalue weighted by Crippen LogP contribution is 2.14. The van der Waals surface area contributed by atoms with Crippen LogP contribution in [0.25, 0.3) is 0 Å². The fourth-order valence-corrected chi connectivity index (χ4v) is 0.849. The van der Waals surface area contributed by atoms with Gasteiger partial charge in [-0.3, -0.25) is 4.90 Å². The molecule has 1 nitrogen and oxygen atoms in total. The van der Waals surface area contributed by atoms with Crippen LogP contribution in [0.3, 0.4) is 0 Å². The van der Waals surface area contributed by atoms with Crippen LogP contribution in [-0.2, 0) is 0 Å². The molecule has 0 N–H and O–H groups in total. The number of thiol groups is 1. The van der Waals surface area contributed by atoms with Gasteiger partial charge in [0.05, 0.1) is 5.37 Å². The first kappa shape index (κ1) is 7.66. The van der Waals surface area contributed by atoms with Crippen LogP contribution in [0.4, 0.5) is 0 Å². The van der Waals surface area contributed by atoms with Crippen molar-refractivity contribution < 1.29 is 0 Å². The molecule has 0 heterocycles. The molecule has 1 unspecified atom stereocenters. The van der Waals surface area contributed by atoms with Crippen molar-refractivity contribution in [1.29, 1.82) is 0 Å². The predicted octanol–water partition coefficient (Wildman–Crippen LogP) is 1.47. The first-order valence-electron chi connectivity index (χ1n) is 2.15. The van der Waals surface area contributed by atoms with E-state index in [9.17, 15) is 0 Å². The SMILES string of the molecule is CC(SS)N(C)C. The zero-order chi connectivity index (χ0) is 5.86. The van der Waals surface area contributed by atoms with Gasteiger partial charge in [-0.2, -0.15) is 0 Å². The van der Waals surface area contributed by atoms with E-state index in [1.54, 1.807) is 10.8 Å². The van der Waals surface area contributed by atoms with Gasteiger partial charge in [-0.1, -0.05) is 10.8 Å². The lowest BCUT2D eigenvalue weighted by molar-refractivity contribution is 0.404. The third kappa shape index (κ3) is 3.26. The highest BCUT2D eigenvalue weighted by atomic mass is 33.1. The second-order valence-electron chi connectivity index (χ2n) is 1.67. The molecular weight excluding hydrogens is 126 g/mol. The standard InChI is InChI=1S/C4H11NS2/c1-4(7-6)5(2)3/h4,6H,1-3H3. The van der Waals surface area contributed by atoms with E-state index in [2.05, 4.69) is 23.5 Å². The number of rotatable bonds is 2. The van der Waals surface area contributed by atoms with Gasteiger partial charge >= 0.3 is 0 Å². The molecule has 0 saturated carbocycles. The Morgan fingerprint density at radius 1 is 1.57 bits per heavy atom. The fraction of sp³-hybridized carbons (Fsp3) is 1.00. The van der Waals surface area contributed by atoms with Gasteiger partial charge in [0.15, 0.2) is 0 Å². The second-order valence-corrected chi connectivity index (χ2v) is 3.19. The lowest BCUT2D eigenvalue weighted by Crippen LogP contribution is -2.19. The summed E-state index contributed by atoms with van der Waals surface area (Å²) in [7, 11) is 5.62. The van der Waals surface area contributed by atoms with Gasteiger partial charge in [0.1, 0.15) is 0 Å². The molecule has 0 aromatic heterocycles. The topological polar surface area (TPSA) is 3.24 Å². The van der Waals surface area contributed by atoms with Crippen LogP contribution in [-0.4, -0.2) is 24.4 Å². The molecule has 0 rings (SSSR count). The van der Waals surface area contributed by atoms with Gasteiger partial charge in [0.2, 0.25) is 0 Å². The summed E-state index contributed by atoms with van der Waals surface area (Å²) in [5.74, 6) is 0. The third-order valence-corrected chi connectivity index (χ3v) is 2.52. The smallest absolute Gasteiger partial charge is 0.0625 e. The second kappa shape index (κ2) is 3.64. The Balaban J connectivity index is 3.14. The van der Waals surface area contributed by atoms with Crippen molar-refractivity contribution in [3.05, 3.63) is 0 Å². The van der Waals surface area contributed by atoms with Crippen molar-refractivity contribution in [2.75, 3.05) is 14.1 Å². The monoisotopic (exact) mass is 137 g/mol. The van der Waals surface area contributed by atoms with E-state index in [1.165, 1.54) is 0 Å². The Kier molecular flexibility index (Phi) is 3.98. The highest BCUT2D eigenvalue weighted by molar-refractivity contribution is 8.68. The van der Waals surface area contributed by atoms with E-state index >= 15 is 0 Å². The van der Waals surface area contributed by atoms with E-state index in [-0.39, 0.29) is 0 Å². The van der Waals surface area contributed by atoms with Gasteiger partial charge in [-0.25, -0.2) is 0 Å². The molecule has 0 spiro atoms. The van der Waals surface area contributed by atoms with Gasteiger partial charge in [-0.15, -0.1) is 11.7 Å². The fourth-order valence-electron chi connectivity index (χ4n) is 0.0943. The van der Waals surface area contributed by atoms with Crippen LogP contribution < -0.4 is 0 Å². The van der Waals surface area contributed by atoms with Crippen molar-refractivity contribution in [2.24, 2.45) is 0 Å². The van der Waals surface area contributed by atoms with Crippen LogP contribution in [0.1, 0.15) is 6.92 Å². The highest BCUT2D eigenvalue weighted by Gasteiger charge is 1.98. The molecule has 0 aliphatic rings. The molecular formula is C4H11NS2. The summed E-state index contributed by atoms with van der Waals surface area (Å²) in [5, 5.41) is 0.517. The van der Waals surface area contributed by atoms with E-state index in [4.69, 9.17) is 0 Å². The Morgan fingerprint density at radius 3 is 2.00 bits per heavy atom. The maximum absolute atomic E-state index is 4.03. The number of hydrogen-bond acceptors (Lipinski definition) is 3. The van der Waals surface area contributed by atoms with Crippen molar-refractivity contribution >= 4 is 22.5 Å². The van der Waals surface area contributed by atoms with Crippen molar-refractivity contribution in [1.82, 2.24) is 4.90 Å². The van der Waals surface area contributed by atoms with Gasteiger partial charge in [0.25, 0.3) is 0 Å². The zero-order valence-corrected chi connectivity index (χ0v) is 6.59. The van der Waals surface area contributed by atoms with E-state index in [1.807, 2.05) is 14.1 Å². The molecule has 0 bridgehead atoms. The van der Waals surface area contributed by atoms with Crippen LogP contribution in [0, 0.1) is 0 Å². The minimum Gasteiger partial charge on any atom is -0.297 e. The first-order valence-corrected chi connectivity index (χ1v) is 4.08. The average Bonchev–Trinajstić information content (AvgIpc) is 1.65. The molecule has 44 valence electrons. The molecule has 0 radical (unpaired) electrons. The Morgan fingerprint density at radius 2 is 2.00 bits per heavy atom. The Hall–Kier alpha value is 0.660. The summed E-state index contributed by atoms with van der Waals surface area (Å²) in [6.07, 6.45) is 0. The molecule has 0 saturated heterocycles. The summed E-state index contributed by atoms with van der Waals surface area (Å²) < 4.78 is 0. The molecule has 0 aromatic rings. The molecule has 0 aliphatic carbocycles. The maximum atomic E-state index is 4.03. The lowest BCUT2D eigenvalue weighted by atomic mass is 10.7. The average molecular weight is 137 g/mol. The van der Waals surface area contributed by atoms with E-state index < -0.39 is 0 Å². The van der Waals surface area contributed by atoms with Crippen LogP contribution in [0.5, 0.6) is 0 Å². The van der Waals surface area contributed by atoms with Crippen molar-refractivity contribution in [3.8, 4) is 0 Å². The Bertz CT molecular complexity index is 47.0. The summed E-state index contributed by atoms with van der Waals surface area (Å²) >= 11 is 4.03. The zero-order valence-electron chi connectivity index (χ0n) is 4.88. The summed E-state index contributed by atoms with van der Waals surface area (Å²) in [6.45, 7) is 2.11. The third-order valence-electron chi connectivity index (χ3n) is 0.880. The normalized spacial score (nSPS) is 15.0. The number of nitrogens with zero attached hydrogens (tertiary/aromatic N) is 1. The minimum absolute atomic E-state index is 0.517. The van der Waals surface area contributed by atoms with Crippen LogP contribution in [0.2, 0.25) is 0 Å². The first-order chi connectivity index (χ1) is 3.18. The summed E-state index contributed by atoms with van der Waals surface area (Å²) in [5.41, 5.74) is 0. The molecule has 7 heavy (non-hydrogen) atoms. The lowest BCUT2D eigenvalue weighted by Gasteiger charge is -2.14. The Labute approximate surface area is 54.3 Å². The van der Waals surface area contributed by atoms with Gasteiger partial charge in [0, 0.05) is 0 Å². The molecule has 0 aliphatic heterocycles. The van der Waals surface area contributed by atoms with E-state index in [0.29, 0.717) is 5.37 Å². The maximum Gasteiger partial charge on any atom is 0.0625 e. The van der Waals surface area contributed by atoms with Crippen LogP contribution >= 0.6 is 22.5 Å². The summed E-state index contributed by atoms with van der Waals surface area (Å²) in [4.78, 5) is 2.11. The molecule has 0 aromatic carbocycles. The minimum atomic E-state index is 0.517. The van der Waals surface area contributed by atoms with Gasteiger partial charge < -0.3 is 0 Å². The van der Waals surface area contributed by atoms with E-state index in [0.717, 1.165) is 0 Å². The number of hydrogen-bond donors (Lipinski definition) is 1. The van der Waals surface area contributed by atoms with Gasteiger partial charge in [-0.05, 0) is 21.0 Å². The molecule has 0 amide bonds. The van der Waals surface area contributed by atoms with Crippen LogP contribution in [0.15, 0.2) is 0 Å². The molecule has 3 heteroatoms.